The van der Waals surface area contributed by atoms with Crippen molar-refractivity contribution in [2.75, 3.05) is 7.05 Å². The predicted molar refractivity (Wildman–Crippen MR) is 75.7 cm³/mol. The van der Waals surface area contributed by atoms with Crippen LogP contribution in [0.3, 0.4) is 0 Å². The first kappa shape index (κ1) is 13.3. The van der Waals surface area contributed by atoms with Crippen LogP contribution in [0.5, 0.6) is 0 Å². The van der Waals surface area contributed by atoms with E-state index in [0.29, 0.717) is 6.04 Å². The maximum atomic E-state index is 5.50. The zero-order valence-corrected chi connectivity index (χ0v) is 12.2. The van der Waals surface area contributed by atoms with Gasteiger partial charge in [-0.2, -0.15) is 0 Å². The van der Waals surface area contributed by atoms with Crippen molar-refractivity contribution in [1.29, 1.82) is 0 Å². The van der Waals surface area contributed by atoms with E-state index in [1.165, 1.54) is 5.56 Å². The average Bonchev–Trinajstić information content (AvgIpc) is 2.76. The number of halogens is 1. The molecule has 1 aromatic carbocycles. The number of nitrogens with one attached hydrogen (secondary N) is 1. The molecule has 0 bridgehead atoms. The molecule has 96 valence electrons. The van der Waals surface area contributed by atoms with Crippen LogP contribution in [0.1, 0.15) is 24.1 Å². The number of hydrogen-bond acceptors (Lipinski definition) is 3. The smallest absolute Gasteiger partial charge is 0.198 e. The quantitative estimate of drug-likeness (QED) is 0.922. The Hall–Kier alpha value is -1.13. The summed E-state index contributed by atoms with van der Waals surface area (Å²) in [5.41, 5.74) is 2.20. The van der Waals surface area contributed by atoms with E-state index in [2.05, 4.69) is 45.3 Å². The predicted octanol–water partition coefficient (Wildman–Crippen LogP) is 3.18. The first-order valence-electron chi connectivity index (χ1n) is 6.02. The summed E-state index contributed by atoms with van der Waals surface area (Å²) in [6.45, 7) is 2.13. The minimum Gasteiger partial charge on any atom is -0.448 e. The Morgan fingerprint density at radius 1 is 1.44 bits per heavy atom. The van der Waals surface area contributed by atoms with E-state index in [0.717, 1.165) is 28.9 Å². The van der Waals surface area contributed by atoms with Crippen LogP contribution in [-0.2, 0) is 12.8 Å². The molecule has 2 rings (SSSR count). The van der Waals surface area contributed by atoms with Crippen molar-refractivity contribution in [1.82, 2.24) is 10.3 Å². The third-order valence-electron chi connectivity index (χ3n) is 2.85. The summed E-state index contributed by atoms with van der Waals surface area (Å²) < 4.78 is 6.58. The van der Waals surface area contributed by atoms with Gasteiger partial charge in [0.1, 0.15) is 6.26 Å². The van der Waals surface area contributed by atoms with Gasteiger partial charge in [-0.3, -0.25) is 0 Å². The van der Waals surface area contributed by atoms with Gasteiger partial charge in [-0.1, -0.05) is 28.1 Å². The maximum Gasteiger partial charge on any atom is 0.198 e. The van der Waals surface area contributed by atoms with Crippen molar-refractivity contribution >= 4 is 15.9 Å². The maximum absolute atomic E-state index is 5.50. The highest BCUT2D eigenvalue weighted by Gasteiger charge is 2.08. The SMILES string of the molecule is CNC(C)Cc1coc(Cc2cccc(Br)c2)n1. The fourth-order valence-electron chi connectivity index (χ4n) is 1.76. The molecule has 1 atom stereocenters. The molecular formula is C14H17BrN2O. The Kier molecular flexibility index (Phi) is 4.55. The lowest BCUT2D eigenvalue weighted by molar-refractivity contribution is 0.505. The molecule has 0 aliphatic carbocycles. The Morgan fingerprint density at radius 2 is 2.28 bits per heavy atom. The molecule has 18 heavy (non-hydrogen) atoms. The van der Waals surface area contributed by atoms with Crippen LogP contribution in [0.2, 0.25) is 0 Å². The number of nitrogens with zero attached hydrogens (tertiary/aromatic N) is 1. The zero-order valence-electron chi connectivity index (χ0n) is 10.6. The monoisotopic (exact) mass is 308 g/mol. The van der Waals surface area contributed by atoms with Gasteiger partial charge in [-0.25, -0.2) is 4.98 Å². The van der Waals surface area contributed by atoms with Crippen molar-refractivity contribution in [3.05, 3.63) is 52.1 Å². The summed E-state index contributed by atoms with van der Waals surface area (Å²) in [7, 11) is 1.95. The first-order chi connectivity index (χ1) is 8.67. The number of oxazole rings is 1. The van der Waals surface area contributed by atoms with Crippen LogP contribution in [0.4, 0.5) is 0 Å². The van der Waals surface area contributed by atoms with Gasteiger partial charge in [-0.05, 0) is 31.7 Å². The molecular weight excluding hydrogens is 292 g/mol. The van der Waals surface area contributed by atoms with Gasteiger partial charge in [-0.15, -0.1) is 0 Å². The molecule has 0 fully saturated rings. The second-order valence-corrected chi connectivity index (χ2v) is 5.35. The van der Waals surface area contributed by atoms with Gasteiger partial charge in [0.25, 0.3) is 0 Å². The molecule has 0 aliphatic rings. The average molecular weight is 309 g/mol. The molecule has 0 radical (unpaired) electrons. The van der Waals surface area contributed by atoms with Crippen molar-refractivity contribution in [3.63, 3.8) is 0 Å². The third-order valence-corrected chi connectivity index (χ3v) is 3.35. The van der Waals surface area contributed by atoms with Gasteiger partial charge in [0.05, 0.1) is 5.69 Å². The van der Waals surface area contributed by atoms with Crippen LogP contribution < -0.4 is 5.32 Å². The van der Waals surface area contributed by atoms with E-state index >= 15 is 0 Å². The fraction of sp³-hybridized carbons (Fsp3) is 0.357. The summed E-state index contributed by atoms with van der Waals surface area (Å²) in [6.07, 6.45) is 3.37. The van der Waals surface area contributed by atoms with E-state index in [4.69, 9.17) is 4.42 Å². The zero-order chi connectivity index (χ0) is 13.0. The molecule has 1 unspecified atom stereocenters. The normalized spacial score (nSPS) is 12.6. The lowest BCUT2D eigenvalue weighted by Gasteiger charge is -2.05. The lowest BCUT2D eigenvalue weighted by Crippen LogP contribution is -2.23. The summed E-state index contributed by atoms with van der Waals surface area (Å²) in [5, 5.41) is 3.19. The van der Waals surface area contributed by atoms with Crippen LogP contribution in [0.15, 0.2) is 39.4 Å². The van der Waals surface area contributed by atoms with Gasteiger partial charge in [0, 0.05) is 23.4 Å². The Labute approximate surface area is 116 Å². The molecule has 1 heterocycles. The number of aromatic nitrogens is 1. The topological polar surface area (TPSA) is 38.1 Å². The van der Waals surface area contributed by atoms with Gasteiger partial charge < -0.3 is 9.73 Å². The standard InChI is InChI=1S/C14H17BrN2O/c1-10(16-2)6-13-9-18-14(17-13)8-11-4-3-5-12(15)7-11/h3-5,7,9-10,16H,6,8H2,1-2H3. The molecule has 1 aromatic heterocycles. The van der Waals surface area contributed by atoms with Crippen molar-refractivity contribution < 1.29 is 4.42 Å². The summed E-state index contributed by atoms with van der Waals surface area (Å²) in [4.78, 5) is 4.50. The van der Waals surface area contributed by atoms with Crippen LogP contribution in [0.25, 0.3) is 0 Å². The number of likely N-dealkylation sites (N-methyl/N-ethyl adjacent to an activating group) is 1. The van der Waals surface area contributed by atoms with Gasteiger partial charge in [0.15, 0.2) is 5.89 Å². The van der Waals surface area contributed by atoms with Crippen LogP contribution >= 0.6 is 15.9 Å². The Balaban J connectivity index is 2.02. The summed E-state index contributed by atoms with van der Waals surface area (Å²) >= 11 is 3.46. The molecule has 0 saturated carbocycles. The largest absolute Gasteiger partial charge is 0.448 e. The van der Waals surface area contributed by atoms with Crippen molar-refractivity contribution in [2.45, 2.75) is 25.8 Å². The van der Waals surface area contributed by atoms with Crippen molar-refractivity contribution in [2.24, 2.45) is 0 Å². The Bertz CT molecular complexity index is 510. The third kappa shape index (κ3) is 3.68. The summed E-state index contributed by atoms with van der Waals surface area (Å²) in [5.74, 6) is 0.770. The highest BCUT2D eigenvalue weighted by Crippen LogP contribution is 2.15. The summed E-state index contributed by atoms with van der Waals surface area (Å²) in [6, 6.07) is 8.60. The molecule has 0 saturated heterocycles. The van der Waals surface area contributed by atoms with E-state index in [1.54, 1.807) is 6.26 Å². The number of hydrogen-bond donors (Lipinski definition) is 1. The highest BCUT2D eigenvalue weighted by molar-refractivity contribution is 9.10. The molecule has 3 nitrogen and oxygen atoms in total. The van der Waals surface area contributed by atoms with E-state index in [9.17, 15) is 0 Å². The van der Waals surface area contributed by atoms with E-state index in [1.807, 2.05) is 19.2 Å². The number of benzene rings is 1. The van der Waals surface area contributed by atoms with Crippen LogP contribution in [-0.4, -0.2) is 18.1 Å². The second-order valence-electron chi connectivity index (χ2n) is 4.43. The van der Waals surface area contributed by atoms with Gasteiger partial charge in [0.2, 0.25) is 0 Å². The fourth-order valence-corrected chi connectivity index (χ4v) is 2.21. The van der Waals surface area contributed by atoms with E-state index in [-0.39, 0.29) is 0 Å². The number of rotatable bonds is 5. The molecule has 2 aromatic rings. The second kappa shape index (κ2) is 6.16. The van der Waals surface area contributed by atoms with Gasteiger partial charge >= 0.3 is 0 Å². The van der Waals surface area contributed by atoms with E-state index < -0.39 is 0 Å². The van der Waals surface area contributed by atoms with Crippen molar-refractivity contribution in [3.8, 4) is 0 Å². The lowest BCUT2D eigenvalue weighted by atomic mass is 10.1. The molecule has 0 spiro atoms. The molecule has 0 aliphatic heterocycles. The molecule has 4 heteroatoms. The Morgan fingerprint density at radius 3 is 3.00 bits per heavy atom. The highest BCUT2D eigenvalue weighted by atomic mass is 79.9. The molecule has 1 N–H and O–H groups in total. The minimum atomic E-state index is 0.411. The van der Waals surface area contributed by atoms with Crippen LogP contribution in [0, 0.1) is 0 Å². The molecule has 0 amide bonds. The first-order valence-corrected chi connectivity index (χ1v) is 6.81. The minimum absolute atomic E-state index is 0.411.